The van der Waals surface area contributed by atoms with Gasteiger partial charge in [0.1, 0.15) is 14.7 Å². The molecule has 0 spiro atoms. The van der Waals surface area contributed by atoms with E-state index in [1.54, 1.807) is 6.92 Å². The number of esters is 1. The van der Waals surface area contributed by atoms with Gasteiger partial charge in [0.25, 0.3) is 5.91 Å². The van der Waals surface area contributed by atoms with Crippen LogP contribution in [0.25, 0.3) is 10.2 Å². The minimum atomic E-state index is -0.375. The highest BCUT2D eigenvalue weighted by Gasteiger charge is 2.34. The van der Waals surface area contributed by atoms with Gasteiger partial charge in [-0.25, -0.2) is 9.78 Å². The normalized spacial score (nSPS) is 15.9. The van der Waals surface area contributed by atoms with E-state index in [4.69, 9.17) is 10.5 Å². The topological polar surface area (TPSA) is 94.3 Å². The van der Waals surface area contributed by atoms with Gasteiger partial charge in [0.05, 0.1) is 17.9 Å². The number of nitrogens with one attached hydrogen (secondary N) is 1. The molecule has 8 heteroatoms. The molecule has 0 fully saturated rings. The Bertz CT molecular complexity index is 1240. The zero-order valence-electron chi connectivity index (χ0n) is 20.5. The molecule has 6 nitrogen and oxygen atoms in total. The molecule has 1 unspecified atom stereocenters. The van der Waals surface area contributed by atoms with Gasteiger partial charge < -0.3 is 15.8 Å². The third kappa shape index (κ3) is 4.70. The molecule has 3 heterocycles. The molecule has 182 valence electrons. The van der Waals surface area contributed by atoms with Crippen molar-refractivity contribution in [2.45, 2.75) is 66.7 Å². The minimum Gasteiger partial charge on any atom is -0.462 e. The number of thiophene rings is 2. The highest BCUT2D eigenvalue weighted by Crippen LogP contribution is 2.45. The number of carbonyl (C=O) groups is 2. The molecular weight excluding hydrogens is 466 g/mol. The van der Waals surface area contributed by atoms with Crippen LogP contribution in [0.15, 0.2) is 12.1 Å². The van der Waals surface area contributed by atoms with E-state index in [9.17, 15) is 9.59 Å². The van der Waals surface area contributed by atoms with Gasteiger partial charge in [-0.2, -0.15) is 0 Å². The van der Waals surface area contributed by atoms with E-state index in [-0.39, 0.29) is 23.9 Å². The first-order valence-electron chi connectivity index (χ1n) is 11.9. The Kier molecular flexibility index (Phi) is 7.01. The standard InChI is InChI=1S/C26H33N3O3S2/c1-6-8-15-10-12-17-20(27)21(34-23(17)28-15)22(30)29-24-19(25(31)32-7-2)16-11-9-14(26(3,4)5)13-18(16)33-24/h10,12,14H,6-9,11,13,27H2,1-5H3,(H,29,30). The zero-order chi connectivity index (χ0) is 24.6. The molecule has 0 aromatic carbocycles. The highest BCUT2D eigenvalue weighted by atomic mass is 32.1. The summed E-state index contributed by atoms with van der Waals surface area (Å²) in [6.07, 6.45) is 4.62. The van der Waals surface area contributed by atoms with Crippen LogP contribution in [0, 0.1) is 11.3 Å². The molecule has 0 saturated heterocycles. The number of hydrogen-bond acceptors (Lipinski definition) is 7. The molecule has 0 saturated carbocycles. The number of aromatic nitrogens is 1. The molecule has 3 N–H and O–H groups in total. The average Bonchev–Trinajstić information content (AvgIpc) is 3.30. The van der Waals surface area contributed by atoms with E-state index in [1.807, 2.05) is 12.1 Å². The van der Waals surface area contributed by atoms with Gasteiger partial charge in [-0.15, -0.1) is 22.7 Å². The minimum absolute atomic E-state index is 0.185. The predicted molar refractivity (Wildman–Crippen MR) is 141 cm³/mol. The lowest BCUT2D eigenvalue weighted by atomic mass is 9.72. The smallest absolute Gasteiger partial charge is 0.341 e. The molecule has 3 aromatic rings. The molecule has 34 heavy (non-hydrogen) atoms. The average molecular weight is 500 g/mol. The Labute approximate surface area is 208 Å². The van der Waals surface area contributed by atoms with E-state index in [0.29, 0.717) is 27.0 Å². The number of amides is 1. The SMILES string of the molecule is CCCc1ccc2c(N)c(C(=O)Nc3sc4c(c3C(=O)OCC)CCC(C(C)(C)C)C4)sc2n1. The van der Waals surface area contributed by atoms with Crippen molar-refractivity contribution in [1.29, 1.82) is 0 Å². The Morgan fingerprint density at radius 3 is 2.68 bits per heavy atom. The highest BCUT2D eigenvalue weighted by molar-refractivity contribution is 7.21. The van der Waals surface area contributed by atoms with Crippen LogP contribution in [-0.4, -0.2) is 23.5 Å². The number of nitrogens with zero attached hydrogens (tertiary/aromatic N) is 1. The molecule has 0 radical (unpaired) electrons. The van der Waals surface area contributed by atoms with Gasteiger partial charge in [-0.3, -0.25) is 4.79 Å². The Balaban J connectivity index is 1.68. The third-order valence-electron chi connectivity index (χ3n) is 6.56. The van der Waals surface area contributed by atoms with Crippen molar-refractivity contribution in [3.8, 4) is 0 Å². The van der Waals surface area contributed by atoms with Gasteiger partial charge in [0, 0.05) is 16.0 Å². The van der Waals surface area contributed by atoms with Crippen LogP contribution in [-0.2, 0) is 24.0 Å². The monoisotopic (exact) mass is 499 g/mol. The Hall–Kier alpha value is -2.45. The second-order valence-electron chi connectivity index (χ2n) is 9.94. The van der Waals surface area contributed by atoms with Crippen LogP contribution in [0.5, 0.6) is 0 Å². The molecule has 1 amide bonds. The molecule has 0 bridgehead atoms. The van der Waals surface area contributed by atoms with Crippen molar-refractivity contribution >= 4 is 55.5 Å². The first-order valence-corrected chi connectivity index (χ1v) is 13.6. The summed E-state index contributed by atoms with van der Waals surface area (Å²) >= 11 is 2.79. The number of rotatable bonds is 6. The Morgan fingerprint density at radius 2 is 2.00 bits per heavy atom. The molecule has 0 aliphatic heterocycles. The maximum Gasteiger partial charge on any atom is 0.341 e. The summed E-state index contributed by atoms with van der Waals surface area (Å²) in [6, 6.07) is 3.91. The second kappa shape index (κ2) is 9.66. The van der Waals surface area contributed by atoms with Crippen LogP contribution in [0.1, 0.15) is 83.6 Å². The fourth-order valence-corrected chi connectivity index (χ4v) is 6.91. The number of carbonyl (C=O) groups excluding carboxylic acids is 2. The summed E-state index contributed by atoms with van der Waals surface area (Å²) in [5.41, 5.74) is 9.48. The quantitative estimate of drug-likeness (QED) is 0.379. The number of aryl methyl sites for hydroxylation is 1. The van der Waals surface area contributed by atoms with Crippen molar-refractivity contribution in [2.24, 2.45) is 11.3 Å². The molecule has 1 atom stereocenters. The van der Waals surface area contributed by atoms with Crippen molar-refractivity contribution < 1.29 is 14.3 Å². The summed E-state index contributed by atoms with van der Waals surface area (Å²) in [6.45, 7) is 11.0. The summed E-state index contributed by atoms with van der Waals surface area (Å²) in [7, 11) is 0. The lowest BCUT2D eigenvalue weighted by Gasteiger charge is -2.33. The number of pyridine rings is 1. The summed E-state index contributed by atoms with van der Waals surface area (Å²) in [5, 5.41) is 4.35. The second-order valence-corrected chi connectivity index (χ2v) is 12.0. The first-order chi connectivity index (χ1) is 16.1. The summed E-state index contributed by atoms with van der Waals surface area (Å²) < 4.78 is 5.37. The van der Waals surface area contributed by atoms with Crippen molar-refractivity contribution in [2.75, 3.05) is 17.7 Å². The Morgan fingerprint density at radius 1 is 1.24 bits per heavy atom. The molecule has 3 aromatic heterocycles. The fourth-order valence-electron chi connectivity index (χ4n) is 4.59. The van der Waals surface area contributed by atoms with Crippen molar-refractivity contribution in [1.82, 2.24) is 4.98 Å². The summed E-state index contributed by atoms with van der Waals surface area (Å²) in [5.74, 6) is -0.160. The van der Waals surface area contributed by atoms with E-state index < -0.39 is 0 Å². The van der Waals surface area contributed by atoms with E-state index in [1.165, 1.54) is 27.6 Å². The number of nitrogen functional groups attached to an aromatic ring is 1. The van der Waals surface area contributed by atoms with Gasteiger partial charge in [0.2, 0.25) is 0 Å². The van der Waals surface area contributed by atoms with Crippen molar-refractivity contribution in [3.05, 3.63) is 38.7 Å². The predicted octanol–water partition coefficient (Wildman–Crippen LogP) is 6.47. The lowest BCUT2D eigenvalue weighted by molar-refractivity contribution is 0.0526. The lowest BCUT2D eigenvalue weighted by Crippen LogP contribution is -2.26. The first kappa shape index (κ1) is 24.7. The van der Waals surface area contributed by atoms with Gasteiger partial charge >= 0.3 is 5.97 Å². The van der Waals surface area contributed by atoms with E-state index >= 15 is 0 Å². The number of fused-ring (bicyclic) bond motifs is 2. The van der Waals surface area contributed by atoms with Gasteiger partial charge in [0.15, 0.2) is 0 Å². The molecule has 1 aliphatic carbocycles. The van der Waals surface area contributed by atoms with Crippen molar-refractivity contribution in [3.63, 3.8) is 0 Å². The third-order valence-corrected chi connectivity index (χ3v) is 8.84. The largest absolute Gasteiger partial charge is 0.462 e. The number of anilines is 2. The van der Waals surface area contributed by atoms with E-state index in [2.05, 4.69) is 38.0 Å². The van der Waals surface area contributed by atoms with Crippen LogP contribution in [0.2, 0.25) is 0 Å². The van der Waals surface area contributed by atoms with Crippen LogP contribution < -0.4 is 11.1 Å². The molecular formula is C26H33N3O3S2. The van der Waals surface area contributed by atoms with Crippen LogP contribution in [0.3, 0.4) is 0 Å². The molecule has 4 rings (SSSR count). The van der Waals surface area contributed by atoms with Crippen LogP contribution >= 0.6 is 22.7 Å². The van der Waals surface area contributed by atoms with Crippen LogP contribution in [0.4, 0.5) is 10.7 Å². The zero-order valence-corrected chi connectivity index (χ0v) is 22.2. The maximum absolute atomic E-state index is 13.3. The fraction of sp³-hybridized carbons (Fsp3) is 0.500. The van der Waals surface area contributed by atoms with Gasteiger partial charge in [-0.1, -0.05) is 34.1 Å². The number of nitrogens with two attached hydrogens (primary N) is 1. The number of hydrogen-bond donors (Lipinski definition) is 2. The van der Waals surface area contributed by atoms with Gasteiger partial charge in [-0.05, 0) is 61.6 Å². The summed E-state index contributed by atoms with van der Waals surface area (Å²) in [4.78, 5) is 33.3. The van der Waals surface area contributed by atoms with E-state index in [0.717, 1.165) is 53.6 Å². The molecule has 1 aliphatic rings. The number of ether oxygens (including phenoxy) is 1. The maximum atomic E-state index is 13.3.